The maximum absolute atomic E-state index is 5.93. The Morgan fingerprint density at radius 2 is 1.65 bits per heavy atom. The van der Waals surface area contributed by atoms with Crippen molar-refractivity contribution in [3.05, 3.63) is 59.7 Å². The lowest BCUT2D eigenvalue weighted by molar-refractivity contribution is -0.0948. The van der Waals surface area contributed by atoms with Crippen LogP contribution in [-0.2, 0) is 25.4 Å². The summed E-state index contributed by atoms with van der Waals surface area (Å²) < 4.78 is 17.0. The number of hydrogen-bond donors (Lipinski definition) is 0. The van der Waals surface area contributed by atoms with Crippen molar-refractivity contribution in [3.63, 3.8) is 0 Å². The Labute approximate surface area is 161 Å². The minimum Gasteiger partial charge on any atom is -0.381 e. The Morgan fingerprint density at radius 3 is 2.27 bits per heavy atom. The van der Waals surface area contributed by atoms with Crippen LogP contribution in [-0.4, -0.2) is 27.4 Å². The van der Waals surface area contributed by atoms with Crippen molar-refractivity contribution in [3.8, 4) is 0 Å². The molecular weight excluding hydrogens is 344 g/mol. The molecule has 0 bridgehead atoms. The molecule has 1 saturated heterocycles. The van der Waals surface area contributed by atoms with E-state index in [0.29, 0.717) is 0 Å². The fraction of sp³-hybridized carbons (Fsp3) is 0.455. The van der Waals surface area contributed by atoms with Crippen molar-refractivity contribution in [1.82, 2.24) is 0 Å². The van der Waals surface area contributed by atoms with Gasteiger partial charge in [-0.2, -0.15) is 0 Å². The first-order valence-corrected chi connectivity index (χ1v) is 9.88. The zero-order valence-corrected chi connectivity index (χ0v) is 16.9. The van der Waals surface area contributed by atoms with Crippen LogP contribution in [0, 0.1) is 0 Å². The Morgan fingerprint density at radius 1 is 0.962 bits per heavy atom. The molecule has 0 atom stereocenters. The maximum Gasteiger partial charge on any atom is 0.0971 e. The number of benzene rings is 2. The maximum atomic E-state index is 5.93. The van der Waals surface area contributed by atoms with Gasteiger partial charge in [0.25, 0.3) is 0 Å². The van der Waals surface area contributed by atoms with E-state index in [1.807, 2.05) is 0 Å². The van der Waals surface area contributed by atoms with E-state index in [9.17, 15) is 0 Å². The zero-order chi connectivity index (χ0) is 18.6. The van der Waals surface area contributed by atoms with Gasteiger partial charge in [-0.3, -0.25) is 0 Å². The highest BCUT2D eigenvalue weighted by atomic mass is 32.2. The first-order chi connectivity index (χ1) is 12.5. The van der Waals surface area contributed by atoms with E-state index in [4.69, 9.17) is 14.2 Å². The Kier molecular flexibility index (Phi) is 6.08. The normalized spacial score (nSPS) is 17.2. The molecule has 2 aromatic rings. The van der Waals surface area contributed by atoms with Crippen molar-refractivity contribution in [2.45, 2.75) is 47.7 Å². The molecule has 1 aliphatic rings. The van der Waals surface area contributed by atoms with E-state index in [1.54, 1.807) is 26.0 Å². The largest absolute Gasteiger partial charge is 0.381 e. The second kappa shape index (κ2) is 8.13. The van der Waals surface area contributed by atoms with Gasteiger partial charge in [-0.1, -0.05) is 36.0 Å². The Hall–Kier alpha value is -1.33. The van der Waals surface area contributed by atoms with Crippen molar-refractivity contribution in [2.75, 3.05) is 27.4 Å². The van der Waals surface area contributed by atoms with Gasteiger partial charge in [-0.25, -0.2) is 0 Å². The molecule has 1 heterocycles. The van der Waals surface area contributed by atoms with Gasteiger partial charge in [-0.15, -0.1) is 0 Å². The quantitative estimate of drug-likeness (QED) is 0.681. The van der Waals surface area contributed by atoms with Gasteiger partial charge in [0.15, 0.2) is 0 Å². The third-order valence-electron chi connectivity index (χ3n) is 5.35. The molecular formula is C22H28O3S. The van der Waals surface area contributed by atoms with Crippen LogP contribution in [0.5, 0.6) is 0 Å². The van der Waals surface area contributed by atoms with E-state index in [2.05, 4.69) is 62.4 Å². The predicted molar refractivity (Wildman–Crippen MR) is 106 cm³/mol. The van der Waals surface area contributed by atoms with E-state index in [0.717, 1.165) is 26.1 Å². The standard InChI is InChI=1S/C22H28O3S/c1-21(2,23-3)17-8-10-19(11-9-17)26-20-7-5-6-18(16-20)22(24-4)12-14-25-15-13-22/h5-11,16H,12-15H2,1-4H3. The number of rotatable bonds is 6. The van der Waals surface area contributed by atoms with Gasteiger partial charge in [0.2, 0.25) is 0 Å². The number of methoxy groups -OCH3 is 2. The van der Waals surface area contributed by atoms with E-state index < -0.39 is 0 Å². The summed E-state index contributed by atoms with van der Waals surface area (Å²) in [6.45, 7) is 5.66. The summed E-state index contributed by atoms with van der Waals surface area (Å²) in [5.41, 5.74) is 1.93. The fourth-order valence-electron chi connectivity index (χ4n) is 3.33. The molecule has 1 fully saturated rings. The van der Waals surface area contributed by atoms with Gasteiger partial charge in [0, 0.05) is 50.1 Å². The molecule has 0 radical (unpaired) electrons. The molecule has 3 nitrogen and oxygen atoms in total. The zero-order valence-electron chi connectivity index (χ0n) is 16.1. The lowest BCUT2D eigenvalue weighted by atomic mass is 9.86. The first kappa shape index (κ1) is 19.4. The van der Waals surface area contributed by atoms with Gasteiger partial charge >= 0.3 is 0 Å². The minimum atomic E-state index is -0.267. The molecule has 0 saturated carbocycles. The Balaban J connectivity index is 1.79. The SMILES string of the molecule is COC(C)(C)c1ccc(Sc2cccc(C3(OC)CCOCC3)c2)cc1. The molecule has 26 heavy (non-hydrogen) atoms. The van der Waals surface area contributed by atoms with Crippen LogP contribution in [0.3, 0.4) is 0 Å². The van der Waals surface area contributed by atoms with Crippen LogP contribution in [0.1, 0.15) is 37.8 Å². The van der Waals surface area contributed by atoms with Gasteiger partial charge in [-0.05, 0) is 49.2 Å². The summed E-state index contributed by atoms with van der Waals surface area (Å²) >= 11 is 1.77. The second-order valence-electron chi connectivity index (χ2n) is 7.18. The third-order valence-corrected chi connectivity index (χ3v) is 6.34. The topological polar surface area (TPSA) is 27.7 Å². The van der Waals surface area contributed by atoms with Crippen molar-refractivity contribution in [2.24, 2.45) is 0 Å². The smallest absolute Gasteiger partial charge is 0.0971 e. The molecule has 1 aliphatic heterocycles. The average Bonchev–Trinajstić information content (AvgIpc) is 2.69. The molecule has 4 heteroatoms. The van der Waals surface area contributed by atoms with Crippen LogP contribution in [0.15, 0.2) is 58.3 Å². The van der Waals surface area contributed by atoms with E-state index in [-0.39, 0.29) is 11.2 Å². The highest BCUT2D eigenvalue weighted by Crippen LogP contribution is 2.38. The van der Waals surface area contributed by atoms with Crippen molar-refractivity contribution in [1.29, 1.82) is 0 Å². The Bertz CT molecular complexity index is 718. The molecule has 0 aliphatic carbocycles. The summed E-state index contributed by atoms with van der Waals surface area (Å²) in [6.07, 6.45) is 1.80. The molecule has 2 aromatic carbocycles. The van der Waals surface area contributed by atoms with Gasteiger partial charge in [0.1, 0.15) is 0 Å². The molecule has 0 aromatic heterocycles. The number of ether oxygens (including phenoxy) is 3. The monoisotopic (exact) mass is 372 g/mol. The lowest BCUT2D eigenvalue weighted by Gasteiger charge is -2.36. The average molecular weight is 373 g/mol. The molecule has 140 valence electrons. The van der Waals surface area contributed by atoms with Crippen LogP contribution < -0.4 is 0 Å². The molecule has 0 spiro atoms. The highest BCUT2D eigenvalue weighted by molar-refractivity contribution is 7.99. The number of hydrogen-bond acceptors (Lipinski definition) is 4. The van der Waals surface area contributed by atoms with Crippen LogP contribution >= 0.6 is 11.8 Å². The molecule has 0 unspecified atom stereocenters. The molecule has 0 N–H and O–H groups in total. The van der Waals surface area contributed by atoms with Crippen LogP contribution in [0.4, 0.5) is 0 Å². The molecule has 0 amide bonds. The van der Waals surface area contributed by atoms with Crippen LogP contribution in [0.2, 0.25) is 0 Å². The first-order valence-electron chi connectivity index (χ1n) is 9.06. The predicted octanol–water partition coefficient (Wildman–Crippen LogP) is 5.37. The summed E-state index contributed by atoms with van der Waals surface area (Å²) in [7, 11) is 3.55. The van der Waals surface area contributed by atoms with E-state index >= 15 is 0 Å². The van der Waals surface area contributed by atoms with Gasteiger partial charge < -0.3 is 14.2 Å². The van der Waals surface area contributed by atoms with Crippen LogP contribution in [0.25, 0.3) is 0 Å². The second-order valence-corrected chi connectivity index (χ2v) is 8.33. The lowest BCUT2D eigenvalue weighted by Crippen LogP contribution is -2.35. The fourth-order valence-corrected chi connectivity index (χ4v) is 4.21. The van der Waals surface area contributed by atoms with Crippen molar-refractivity contribution >= 4 is 11.8 Å². The summed E-state index contributed by atoms with van der Waals surface area (Å²) in [5.74, 6) is 0. The minimum absolute atomic E-state index is 0.221. The third kappa shape index (κ3) is 4.15. The summed E-state index contributed by atoms with van der Waals surface area (Å²) in [6, 6.07) is 17.3. The molecule has 3 rings (SSSR count). The van der Waals surface area contributed by atoms with E-state index in [1.165, 1.54) is 20.9 Å². The highest BCUT2D eigenvalue weighted by Gasteiger charge is 2.34. The van der Waals surface area contributed by atoms with Crippen molar-refractivity contribution < 1.29 is 14.2 Å². The summed E-state index contributed by atoms with van der Waals surface area (Å²) in [5, 5.41) is 0. The summed E-state index contributed by atoms with van der Waals surface area (Å²) in [4.78, 5) is 2.44. The van der Waals surface area contributed by atoms with Gasteiger partial charge in [0.05, 0.1) is 11.2 Å².